The number of nitrogens with one attached hydrogen (secondary N) is 1. The van der Waals surface area contributed by atoms with E-state index in [1.807, 2.05) is 34.9 Å². The Hall–Kier alpha value is -2.14. The van der Waals surface area contributed by atoms with Crippen LogP contribution in [0.3, 0.4) is 0 Å². The molecule has 3 rings (SSSR count). The molecule has 0 bridgehead atoms. The minimum Gasteiger partial charge on any atom is -0.481 e. The molecule has 0 saturated carbocycles. The first-order valence-corrected chi connectivity index (χ1v) is 6.86. The molecule has 0 aliphatic carbocycles. The Morgan fingerprint density at radius 3 is 2.75 bits per heavy atom. The third kappa shape index (κ3) is 2.44. The van der Waals surface area contributed by atoms with Crippen molar-refractivity contribution >= 4 is 23.4 Å². The molecule has 20 heavy (non-hydrogen) atoms. The van der Waals surface area contributed by atoms with Gasteiger partial charge in [0.25, 0.3) is 0 Å². The van der Waals surface area contributed by atoms with Crippen LogP contribution in [0.2, 0.25) is 0 Å². The molecule has 1 aromatic carbocycles. The minimum atomic E-state index is 0.597. The molecule has 1 N–H and O–H groups in total. The monoisotopic (exact) mass is 285 g/mol. The van der Waals surface area contributed by atoms with Crippen LogP contribution < -0.4 is 4.74 Å². The SMILES string of the molecule is COc1ccc2[nH]c(=S)n(CCc3ccccc3)c2n1. The van der Waals surface area contributed by atoms with E-state index in [1.165, 1.54) is 5.56 Å². The smallest absolute Gasteiger partial charge is 0.215 e. The predicted octanol–water partition coefficient (Wildman–Crippen LogP) is 3.35. The van der Waals surface area contributed by atoms with Crippen LogP contribution >= 0.6 is 12.2 Å². The van der Waals surface area contributed by atoms with Crippen molar-refractivity contribution < 1.29 is 4.74 Å². The molecular formula is C15H15N3OS. The third-order valence-corrected chi connectivity index (χ3v) is 3.59. The van der Waals surface area contributed by atoms with Gasteiger partial charge in [0.1, 0.15) is 0 Å². The van der Waals surface area contributed by atoms with Gasteiger partial charge in [0.15, 0.2) is 10.4 Å². The molecule has 3 aromatic rings. The molecule has 2 heterocycles. The maximum Gasteiger partial charge on any atom is 0.215 e. The Bertz CT molecular complexity index is 777. The van der Waals surface area contributed by atoms with Crippen LogP contribution in [0.1, 0.15) is 5.56 Å². The van der Waals surface area contributed by atoms with Crippen molar-refractivity contribution in [3.05, 3.63) is 52.8 Å². The fraction of sp³-hybridized carbons (Fsp3) is 0.200. The molecule has 0 spiro atoms. The second kappa shape index (κ2) is 5.46. The average Bonchev–Trinajstić information content (AvgIpc) is 2.80. The van der Waals surface area contributed by atoms with Gasteiger partial charge in [-0.25, -0.2) is 0 Å². The summed E-state index contributed by atoms with van der Waals surface area (Å²) in [5, 5.41) is 0. The van der Waals surface area contributed by atoms with Crippen molar-refractivity contribution in [1.82, 2.24) is 14.5 Å². The maximum atomic E-state index is 5.37. The molecule has 0 aliphatic rings. The zero-order chi connectivity index (χ0) is 13.9. The number of nitrogens with zero attached hydrogens (tertiary/aromatic N) is 2. The van der Waals surface area contributed by atoms with E-state index in [9.17, 15) is 0 Å². The fourth-order valence-electron chi connectivity index (χ4n) is 2.22. The molecule has 0 fully saturated rings. The zero-order valence-corrected chi connectivity index (χ0v) is 12.0. The van der Waals surface area contributed by atoms with Crippen LogP contribution in [-0.4, -0.2) is 21.6 Å². The first-order valence-electron chi connectivity index (χ1n) is 6.45. The lowest BCUT2D eigenvalue weighted by atomic mass is 10.1. The third-order valence-electron chi connectivity index (χ3n) is 3.27. The second-order valence-electron chi connectivity index (χ2n) is 4.54. The van der Waals surface area contributed by atoms with Crippen LogP contribution in [-0.2, 0) is 13.0 Å². The molecule has 0 unspecified atom stereocenters. The first-order chi connectivity index (χ1) is 9.78. The van der Waals surface area contributed by atoms with Crippen molar-refractivity contribution in [1.29, 1.82) is 0 Å². The highest BCUT2D eigenvalue weighted by Crippen LogP contribution is 2.17. The molecule has 0 aliphatic heterocycles. The highest BCUT2D eigenvalue weighted by Gasteiger charge is 2.07. The van der Waals surface area contributed by atoms with Gasteiger partial charge < -0.3 is 14.3 Å². The quantitative estimate of drug-likeness (QED) is 0.748. The summed E-state index contributed by atoms with van der Waals surface area (Å²) in [6, 6.07) is 14.1. The molecule has 0 atom stereocenters. The number of methoxy groups -OCH3 is 1. The molecule has 102 valence electrons. The van der Waals surface area contributed by atoms with Gasteiger partial charge in [0, 0.05) is 12.6 Å². The number of ether oxygens (including phenoxy) is 1. The van der Waals surface area contributed by atoms with Crippen LogP contribution in [0, 0.1) is 4.77 Å². The lowest BCUT2D eigenvalue weighted by Crippen LogP contribution is -2.02. The average molecular weight is 285 g/mol. The Labute approximate surface area is 122 Å². The summed E-state index contributed by atoms with van der Waals surface area (Å²) in [5.74, 6) is 0.597. The van der Waals surface area contributed by atoms with Crippen LogP contribution in [0.4, 0.5) is 0 Å². The Morgan fingerprint density at radius 1 is 1.20 bits per heavy atom. The number of benzene rings is 1. The number of aromatic nitrogens is 3. The molecule has 4 nitrogen and oxygen atoms in total. The second-order valence-corrected chi connectivity index (χ2v) is 4.93. The van der Waals surface area contributed by atoms with Gasteiger partial charge in [0.2, 0.25) is 5.88 Å². The van der Waals surface area contributed by atoms with Gasteiger partial charge in [-0.15, -0.1) is 0 Å². The summed E-state index contributed by atoms with van der Waals surface area (Å²) in [4.78, 5) is 7.64. The molecule has 0 radical (unpaired) electrons. The standard InChI is InChI=1S/C15H15N3OS/c1-19-13-8-7-12-14(17-13)18(15(20)16-12)10-9-11-5-3-2-4-6-11/h2-8H,9-10H2,1H3,(H,16,20). The van der Waals surface area contributed by atoms with E-state index < -0.39 is 0 Å². The lowest BCUT2D eigenvalue weighted by molar-refractivity contribution is 0.399. The number of H-pyrrole nitrogens is 1. The van der Waals surface area contributed by atoms with Crippen molar-refractivity contribution in [3.8, 4) is 5.88 Å². The number of pyridine rings is 1. The maximum absolute atomic E-state index is 5.37. The number of hydrogen-bond acceptors (Lipinski definition) is 3. The summed E-state index contributed by atoms with van der Waals surface area (Å²) in [6.45, 7) is 0.795. The Kier molecular flexibility index (Phi) is 3.52. The Balaban J connectivity index is 1.94. The Morgan fingerprint density at radius 2 is 2.00 bits per heavy atom. The van der Waals surface area contributed by atoms with Crippen LogP contribution in [0.5, 0.6) is 5.88 Å². The van der Waals surface area contributed by atoms with Crippen molar-refractivity contribution in [2.75, 3.05) is 7.11 Å². The van der Waals surface area contributed by atoms with Crippen molar-refractivity contribution in [2.45, 2.75) is 13.0 Å². The summed E-state index contributed by atoms with van der Waals surface area (Å²) >= 11 is 5.37. The summed E-state index contributed by atoms with van der Waals surface area (Å²) in [7, 11) is 1.61. The van der Waals surface area contributed by atoms with Gasteiger partial charge in [0.05, 0.1) is 12.6 Å². The minimum absolute atomic E-state index is 0.597. The number of aromatic amines is 1. The first kappa shape index (κ1) is 12.9. The van der Waals surface area contributed by atoms with E-state index in [0.29, 0.717) is 10.7 Å². The number of aryl methyl sites for hydroxylation is 2. The summed E-state index contributed by atoms with van der Waals surface area (Å²) < 4.78 is 7.88. The molecule has 0 saturated heterocycles. The highest BCUT2D eigenvalue weighted by atomic mass is 32.1. The van der Waals surface area contributed by atoms with Crippen LogP contribution in [0.15, 0.2) is 42.5 Å². The van der Waals surface area contributed by atoms with Gasteiger partial charge in [-0.05, 0) is 30.3 Å². The van der Waals surface area contributed by atoms with E-state index in [-0.39, 0.29) is 0 Å². The fourth-order valence-corrected chi connectivity index (χ4v) is 2.51. The largest absolute Gasteiger partial charge is 0.481 e. The summed E-state index contributed by atoms with van der Waals surface area (Å²) in [5.41, 5.74) is 3.06. The van der Waals surface area contributed by atoms with Crippen molar-refractivity contribution in [2.24, 2.45) is 0 Å². The van der Waals surface area contributed by atoms with E-state index in [1.54, 1.807) is 7.11 Å². The molecule has 5 heteroatoms. The normalized spacial score (nSPS) is 10.8. The zero-order valence-electron chi connectivity index (χ0n) is 11.2. The molecule has 2 aromatic heterocycles. The topological polar surface area (TPSA) is 42.8 Å². The van der Waals surface area contributed by atoms with Gasteiger partial charge in [-0.2, -0.15) is 4.98 Å². The predicted molar refractivity (Wildman–Crippen MR) is 81.6 cm³/mol. The number of imidazole rings is 1. The summed E-state index contributed by atoms with van der Waals surface area (Å²) in [6.07, 6.45) is 0.918. The van der Waals surface area contributed by atoms with Gasteiger partial charge >= 0.3 is 0 Å². The van der Waals surface area contributed by atoms with Crippen molar-refractivity contribution in [3.63, 3.8) is 0 Å². The van der Waals surface area contributed by atoms with E-state index in [4.69, 9.17) is 17.0 Å². The molecule has 0 amide bonds. The van der Waals surface area contributed by atoms with E-state index in [2.05, 4.69) is 22.1 Å². The lowest BCUT2D eigenvalue weighted by Gasteiger charge is -2.05. The number of hydrogen-bond donors (Lipinski definition) is 1. The molecular weight excluding hydrogens is 270 g/mol. The van der Waals surface area contributed by atoms with Crippen LogP contribution in [0.25, 0.3) is 11.2 Å². The van der Waals surface area contributed by atoms with Gasteiger partial charge in [-0.1, -0.05) is 30.3 Å². The highest BCUT2D eigenvalue weighted by molar-refractivity contribution is 7.71. The van der Waals surface area contributed by atoms with Gasteiger partial charge in [-0.3, -0.25) is 0 Å². The number of rotatable bonds is 4. The number of fused-ring (bicyclic) bond motifs is 1. The van der Waals surface area contributed by atoms with E-state index in [0.717, 1.165) is 24.1 Å². The van der Waals surface area contributed by atoms with E-state index >= 15 is 0 Å².